The predicted molar refractivity (Wildman–Crippen MR) is 65.0 cm³/mol. The molecular formula is C14H20FN. The highest BCUT2D eigenvalue weighted by Crippen LogP contribution is 2.40. The van der Waals surface area contributed by atoms with Crippen LogP contribution in [-0.2, 0) is 0 Å². The molecule has 1 aromatic rings. The molecule has 1 fully saturated rings. The molecular weight excluding hydrogens is 201 g/mol. The van der Waals surface area contributed by atoms with Crippen molar-refractivity contribution in [1.82, 2.24) is 5.32 Å². The molecule has 1 aromatic carbocycles. The molecule has 2 atom stereocenters. The van der Waals surface area contributed by atoms with E-state index in [1.54, 1.807) is 12.1 Å². The lowest BCUT2D eigenvalue weighted by Gasteiger charge is -2.20. The molecule has 0 bridgehead atoms. The van der Waals surface area contributed by atoms with Gasteiger partial charge in [0.1, 0.15) is 5.82 Å². The number of nitrogens with one attached hydrogen (secondary N) is 1. The molecule has 2 rings (SSSR count). The molecule has 0 radical (unpaired) electrons. The standard InChI is InChI=1S/C14H20FN/c1-2-16-10-11-6-5-8-12(11)13-7-3-4-9-14(13)15/h3-4,7,9,11-12,16H,2,5-6,8,10H2,1H3. The maximum atomic E-state index is 13.7. The molecule has 1 aliphatic carbocycles. The summed E-state index contributed by atoms with van der Waals surface area (Å²) in [5.41, 5.74) is 0.919. The normalized spacial score (nSPS) is 24.9. The highest BCUT2D eigenvalue weighted by atomic mass is 19.1. The monoisotopic (exact) mass is 221 g/mol. The second-order valence-electron chi connectivity index (χ2n) is 4.63. The maximum Gasteiger partial charge on any atom is 0.126 e. The molecule has 0 saturated heterocycles. The molecule has 0 aromatic heterocycles. The van der Waals surface area contributed by atoms with Gasteiger partial charge in [0.15, 0.2) is 0 Å². The third-order valence-electron chi connectivity index (χ3n) is 3.62. The molecule has 0 heterocycles. The summed E-state index contributed by atoms with van der Waals surface area (Å²) in [5, 5.41) is 3.39. The zero-order valence-electron chi connectivity index (χ0n) is 9.88. The maximum absolute atomic E-state index is 13.7. The average Bonchev–Trinajstić information content (AvgIpc) is 2.75. The summed E-state index contributed by atoms with van der Waals surface area (Å²) >= 11 is 0. The molecule has 0 spiro atoms. The number of benzene rings is 1. The minimum atomic E-state index is -0.0316. The number of hydrogen-bond donors (Lipinski definition) is 1. The van der Waals surface area contributed by atoms with Crippen LogP contribution in [0.3, 0.4) is 0 Å². The van der Waals surface area contributed by atoms with Crippen LogP contribution >= 0.6 is 0 Å². The SMILES string of the molecule is CCNCC1CCCC1c1ccccc1F. The fourth-order valence-electron chi connectivity index (χ4n) is 2.80. The molecule has 1 nitrogen and oxygen atoms in total. The lowest BCUT2D eigenvalue weighted by molar-refractivity contribution is 0.437. The van der Waals surface area contributed by atoms with E-state index in [4.69, 9.17) is 0 Å². The van der Waals surface area contributed by atoms with Gasteiger partial charge in [-0.1, -0.05) is 31.5 Å². The summed E-state index contributed by atoms with van der Waals surface area (Å²) in [6, 6.07) is 7.25. The van der Waals surface area contributed by atoms with E-state index >= 15 is 0 Å². The van der Waals surface area contributed by atoms with Crippen LogP contribution in [0, 0.1) is 11.7 Å². The van der Waals surface area contributed by atoms with E-state index in [1.165, 1.54) is 12.8 Å². The first-order valence-corrected chi connectivity index (χ1v) is 6.28. The topological polar surface area (TPSA) is 12.0 Å². The van der Waals surface area contributed by atoms with Crippen LogP contribution in [0.15, 0.2) is 24.3 Å². The Balaban J connectivity index is 2.10. The fraction of sp³-hybridized carbons (Fsp3) is 0.571. The predicted octanol–water partition coefficient (Wildman–Crippen LogP) is 3.32. The van der Waals surface area contributed by atoms with Crippen molar-refractivity contribution in [3.8, 4) is 0 Å². The lowest BCUT2D eigenvalue weighted by Crippen LogP contribution is -2.24. The van der Waals surface area contributed by atoms with E-state index in [0.29, 0.717) is 11.8 Å². The van der Waals surface area contributed by atoms with Crippen LogP contribution in [0.2, 0.25) is 0 Å². The molecule has 1 saturated carbocycles. The minimum absolute atomic E-state index is 0.0316. The summed E-state index contributed by atoms with van der Waals surface area (Å²) in [5.74, 6) is 0.994. The molecule has 0 aliphatic heterocycles. The van der Waals surface area contributed by atoms with Crippen molar-refractivity contribution in [3.63, 3.8) is 0 Å². The van der Waals surface area contributed by atoms with Gasteiger partial charge in [0, 0.05) is 0 Å². The molecule has 0 amide bonds. The minimum Gasteiger partial charge on any atom is -0.317 e. The van der Waals surface area contributed by atoms with Crippen LogP contribution in [0.5, 0.6) is 0 Å². The number of halogens is 1. The second kappa shape index (κ2) is 5.44. The zero-order valence-corrected chi connectivity index (χ0v) is 9.88. The molecule has 1 aliphatic rings. The van der Waals surface area contributed by atoms with Crippen molar-refractivity contribution in [2.24, 2.45) is 5.92 Å². The van der Waals surface area contributed by atoms with Crippen LogP contribution in [0.1, 0.15) is 37.7 Å². The summed E-state index contributed by atoms with van der Waals surface area (Å²) in [6.45, 7) is 4.14. The van der Waals surface area contributed by atoms with E-state index in [0.717, 1.165) is 25.1 Å². The van der Waals surface area contributed by atoms with Crippen LogP contribution in [-0.4, -0.2) is 13.1 Å². The Morgan fingerprint density at radius 3 is 2.88 bits per heavy atom. The molecule has 2 unspecified atom stereocenters. The van der Waals surface area contributed by atoms with Crippen molar-refractivity contribution >= 4 is 0 Å². The third-order valence-corrected chi connectivity index (χ3v) is 3.62. The van der Waals surface area contributed by atoms with Crippen molar-refractivity contribution < 1.29 is 4.39 Å². The van der Waals surface area contributed by atoms with Crippen molar-refractivity contribution in [2.45, 2.75) is 32.1 Å². The van der Waals surface area contributed by atoms with Gasteiger partial charge in [0.25, 0.3) is 0 Å². The molecule has 16 heavy (non-hydrogen) atoms. The molecule has 88 valence electrons. The smallest absolute Gasteiger partial charge is 0.126 e. The Bertz CT molecular complexity index is 337. The highest BCUT2D eigenvalue weighted by Gasteiger charge is 2.29. The first kappa shape index (κ1) is 11.6. The van der Waals surface area contributed by atoms with Crippen molar-refractivity contribution in [3.05, 3.63) is 35.6 Å². The van der Waals surface area contributed by atoms with Gasteiger partial charge in [-0.15, -0.1) is 0 Å². The Labute approximate surface area is 97.1 Å². The van der Waals surface area contributed by atoms with E-state index in [1.807, 2.05) is 12.1 Å². The number of rotatable bonds is 4. The third kappa shape index (κ3) is 2.43. The quantitative estimate of drug-likeness (QED) is 0.822. The van der Waals surface area contributed by atoms with Gasteiger partial charge < -0.3 is 5.32 Å². The lowest BCUT2D eigenvalue weighted by atomic mass is 9.88. The van der Waals surface area contributed by atoms with Crippen molar-refractivity contribution in [2.75, 3.05) is 13.1 Å². The van der Waals surface area contributed by atoms with Gasteiger partial charge in [0.05, 0.1) is 0 Å². The van der Waals surface area contributed by atoms with Gasteiger partial charge in [-0.05, 0) is 49.4 Å². The zero-order chi connectivity index (χ0) is 11.4. The molecule has 2 heteroatoms. The van der Waals surface area contributed by atoms with Gasteiger partial charge >= 0.3 is 0 Å². The van der Waals surface area contributed by atoms with Crippen LogP contribution < -0.4 is 5.32 Å². The highest BCUT2D eigenvalue weighted by molar-refractivity contribution is 5.23. The summed E-state index contributed by atoms with van der Waals surface area (Å²) in [6.07, 6.45) is 3.60. The Kier molecular flexibility index (Phi) is 3.94. The van der Waals surface area contributed by atoms with E-state index < -0.39 is 0 Å². The van der Waals surface area contributed by atoms with E-state index in [2.05, 4.69) is 12.2 Å². The van der Waals surface area contributed by atoms with Gasteiger partial charge in [-0.3, -0.25) is 0 Å². The summed E-state index contributed by atoms with van der Waals surface area (Å²) < 4.78 is 13.7. The first-order valence-electron chi connectivity index (χ1n) is 6.28. The Morgan fingerprint density at radius 2 is 2.12 bits per heavy atom. The van der Waals surface area contributed by atoms with E-state index in [9.17, 15) is 4.39 Å². The first-order chi connectivity index (χ1) is 7.83. The molecule has 1 N–H and O–H groups in total. The summed E-state index contributed by atoms with van der Waals surface area (Å²) in [7, 11) is 0. The number of hydrogen-bond acceptors (Lipinski definition) is 1. The second-order valence-corrected chi connectivity index (χ2v) is 4.63. The Hall–Kier alpha value is -0.890. The fourth-order valence-corrected chi connectivity index (χ4v) is 2.80. The Morgan fingerprint density at radius 1 is 1.31 bits per heavy atom. The van der Waals surface area contributed by atoms with Crippen molar-refractivity contribution in [1.29, 1.82) is 0 Å². The largest absolute Gasteiger partial charge is 0.317 e. The van der Waals surface area contributed by atoms with Gasteiger partial charge in [-0.2, -0.15) is 0 Å². The van der Waals surface area contributed by atoms with E-state index in [-0.39, 0.29) is 5.82 Å². The average molecular weight is 221 g/mol. The van der Waals surface area contributed by atoms with Crippen LogP contribution in [0.25, 0.3) is 0 Å². The summed E-state index contributed by atoms with van der Waals surface area (Å²) in [4.78, 5) is 0. The van der Waals surface area contributed by atoms with Gasteiger partial charge in [-0.25, -0.2) is 4.39 Å². The van der Waals surface area contributed by atoms with Crippen LogP contribution in [0.4, 0.5) is 4.39 Å². The van der Waals surface area contributed by atoms with Gasteiger partial charge in [0.2, 0.25) is 0 Å².